The van der Waals surface area contributed by atoms with Crippen molar-refractivity contribution in [2.24, 2.45) is 0 Å². The molecule has 148 valence electrons. The van der Waals surface area contributed by atoms with Gasteiger partial charge in [0.25, 0.3) is 0 Å². The van der Waals surface area contributed by atoms with Crippen LogP contribution >= 0.6 is 24.0 Å². The summed E-state index contributed by atoms with van der Waals surface area (Å²) in [5.41, 5.74) is 3.80. The van der Waals surface area contributed by atoms with E-state index in [2.05, 4.69) is 20.6 Å². The van der Waals surface area contributed by atoms with Gasteiger partial charge in [-0.2, -0.15) is 5.10 Å². The molecule has 1 fully saturated rings. The van der Waals surface area contributed by atoms with Crippen LogP contribution in [0.2, 0.25) is 5.02 Å². The summed E-state index contributed by atoms with van der Waals surface area (Å²) >= 11 is 5.96. The Kier molecular flexibility index (Phi) is 8.10. The summed E-state index contributed by atoms with van der Waals surface area (Å²) in [5, 5.41) is 11.7. The molecular formula is C19H27Cl2N5O. The van der Waals surface area contributed by atoms with E-state index < -0.39 is 0 Å². The van der Waals surface area contributed by atoms with Gasteiger partial charge in [-0.05, 0) is 38.1 Å². The number of nitrogens with zero attached hydrogens (tertiary/aromatic N) is 3. The van der Waals surface area contributed by atoms with Gasteiger partial charge in [0.2, 0.25) is 5.91 Å². The second-order valence-electron chi connectivity index (χ2n) is 6.66. The summed E-state index contributed by atoms with van der Waals surface area (Å²) in [4.78, 5) is 14.7. The van der Waals surface area contributed by atoms with Crippen molar-refractivity contribution in [2.75, 3.05) is 39.3 Å². The summed E-state index contributed by atoms with van der Waals surface area (Å²) < 4.78 is 1.87. The fourth-order valence-electron chi connectivity index (χ4n) is 3.28. The molecule has 0 bridgehead atoms. The van der Waals surface area contributed by atoms with Crippen LogP contribution in [-0.4, -0.2) is 59.9 Å². The molecule has 2 heterocycles. The average Bonchev–Trinajstić information content (AvgIpc) is 2.91. The van der Waals surface area contributed by atoms with E-state index in [1.165, 1.54) is 0 Å². The van der Waals surface area contributed by atoms with Crippen LogP contribution in [0.4, 0.5) is 0 Å². The quantitative estimate of drug-likeness (QED) is 0.763. The highest BCUT2D eigenvalue weighted by Crippen LogP contribution is 2.20. The zero-order valence-electron chi connectivity index (χ0n) is 15.8. The van der Waals surface area contributed by atoms with Gasteiger partial charge in [0.1, 0.15) is 0 Å². The van der Waals surface area contributed by atoms with Crippen LogP contribution < -0.4 is 10.6 Å². The molecule has 6 nitrogen and oxygen atoms in total. The molecule has 2 aromatic rings. The van der Waals surface area contributed by atoms with Crippen molar-refractivity contribution < 1.29 is 4.79 Å². The number of hydrogen-bond acceptors (Lipinski definition) is 4. The van der Waals surface area contributed by atoms with E-state index in [9.17, 15) is 4.79 Å². The molecule has 2 N–H and O–H groups in total. The zero-order chi connectivity index (χ0) is 18.5. The number of benzene rings is 1. The van der Waals surface area contributed by atoms with E-state index in [1.807, 2.05) is 42.8 Å². The highest BCUT2D eigenvalue weighted by Gasteiger charge is 2.16. The topological polar surface area (TPSA) is 62.2 Å². The smallest absolute Gasteiger partial charge is 0.224 e. The molecule has 0 unspecified atom stereocenters. The number of amides is 1. The van der Waals surface area contributed by atoms with E-state index in [0.29, 0.717) is 18.0 Å². The number of nitrogens with one attached hydrogen (secondary N) is 2. The van der Waals surface area contributed by atoms with E-state index in [0.717, 1.165) is 55.4 Å². The lowest BCUT2D eigenvalue weighted by Crippen LogP contribution is -2.46. The molecule has 1 aliphatic rings. The van der Waals surface area contributed by atoms with Crippen LogP contribution in [0.15, 0.2) is 24.3 Å². The molecule has 1 aliphatic heterocycles. The van der Waals surface area contributed by atoms with Gasteiger partial charge in [0, 0.05) is 55.5 Å². The summed E-state index contributed by atoms with van der Waals surface area (Å²) in [6, 6.07) is 7.55. The molecule has 3 rings (SSSR count). The van der Waals surface area contributed by atoms with E-state index in [4.69, 9.17) is 11.6 Å². The minimum Gasteiger partial charge on any atom is -0.355 e. The third kappa shape index (κ3) is 5.69. The normalized spacial score (nSPS) is 14.6. The number of aromatic nitrogens is 2. The standard InChI is InChI=1S/C19H26ClN5O.ClH/c1-14-18(13-19(26)22-9-12-24-10-7-21-8-11-24)15(2)25(23-14)17-5-3-16(20)4-6-17;/h3-6,21H,7-13H2,1-2H3,(H,22,26);1H. The van der Waals surface area contributed by atoms with Crippen LogP contribution in [0.5, 0.6) is 0 Å². The van der Waals surface area contributed by atoms with Crippen molar-refractivity contribution in [3.05, 3.63) is 46.2 Å². The van der Waals surface area contributed by atoms with Gasteiger partial charge in [-0.3, -0.25) is 9.69 Å². The third-order valence-electron chi connectivity index (χ3n) is 4.81. The average molecular weight is 412 g/mol. The minimum atomic E-state index is 0. The molecule has 27 heavy (non-hydrogen) atoms. The van der Waals surface area contributed by atoms with Crippen LogP contribution in [-0.2, 0) is 11.2 Å². The van der Waals surface area contributed by atoms with Gasteiger partial charge in [-0.15, -0.1) is 12.4 Å². The second-order valence-corrected chi connectivity index (χ2v) is 7.09. The Morgan fingerprint density at radius 2 is 1.89 bits per heavy atom. The number of halogens is 2. The fraction of sp³-hybridized carbons (Fsp3) is 0.474. The van der Waals surface area contributed by atoms with Crippen LogP contribution in [0.25, 0.3) is 5.69 Å². The number of carbonyl (C=O) groups excluding carboxylic acids is 1. The summed E-state index contributed by atoms with van der Waals surface area (Å²) in [5.74, 6) is 0.0435. The van der Waals surface area contributed by atoms with Crippen molar-refractivity contribution in [1.82, 2.24) is 25.3 Å². The Labute approximate surface area is 171 Å². The summed E-state index contributed by atoms with van der Waals surface area (Å²) in [6.45, 7) is 9.66. The first-order valence-electron chi connectivity index (χ1n) is 9.05. The number of hydrogen-bond donors (Lipinski definition) is 2. The van der Waals surface area contributed by atoms with Gasteiger partial charge < -0.3 is 10.6 Å². The van der Waals surface area contributed by atoms with Crippen molar-refractivity contribution in [3.63, 3.8) is 0 Å². The SMILES string of the molecule is Cc1nn(-c2ccc(Cl)cc2)c(C)c1CC(=O)NCCN1CCNCC1.Cl. The Hall–Kier alpha value is -1.60. The van der Waals surface area contributed by atoms with E-state index in [1.54, 1.807) is 0 Å². The number of piperazine rings is 1. The van der Waals surface area contributed by atoms with Gasteiger partial charge in [0.05, 0.1) is 17.8 Å². The van der Waals surface area contributed by atoms with Gasteiger partial charge in [-0.1, -0.05) is 11.6 Å². The molecule has 0 radical (unpaired) electrons. The Bertz CT molecular complexity index is 754. The van der Waals surface area contributed by atoms with Crippen molar-refractivity contribution in [3.8, 4) is 5.69 Å². The van der Waals surface area contributed by atoms with E-state index in [-0.39, 0.29) is 18.3 Å². The van der Waals surface area contributed by atoms with Crippen molar-refractivity contribution >= 4 is 29.9 Å². The van der Waals surface area contributed by atoms with Gasteiger partial charge >= 0.3 is 0 Å². The monoisotopic (exact) mass is 411 g/mol. The maximum Gasteiger partial charge on any atom is 0.224 e. The molecule has 0 saturated carbocycles. The lowest BCUT2D eigenvalue weighted by molar-refractivity contribution is -0.120. The highest BCUT2D eigenvalue weighted by molar-refractivity contribution is 6.30. The molecule has 8 heteroatoms. The lowest BCUT2D eigenvalue weighted by Gasteiger charge is -2.27. The van der Waals surface area contributed by atoms with Crippen LogP contribution in [0.3, 0.4) is 0 Å². The number of rotatable bonds is 6. The first-order valence-corrected chi connectivity index (χ1v) is 9.43. The maximum absolute atomic E-state index is 12.4. The highest BCUT2D eigenvalue weighted by atomic mass is 35.5. The lowest BCUT2D eigenvalue weighted by atomic mass is 10.1. The molecule has 0 spiro atoms. The number of aryl methyl sites for hydroxylation is 1. The maximum atomic E-state index is 12.4. The fourth-order valence-corrected chi connectivity index (χ4v) is 3.40. The van der Waals surface area contributed by atoms with Gasteiger partial charge in [-0.25, -0.2) is 4.68 Å². The largest absolute Gasteiger partial charge is 0.355 e. The molecular weight excluding hydrogens is 385 g/mol. The second kappa shape index (κ2) is 10.1. The molecule has 1 aromatic heterocycles. The molecule has 0 atom stereocenters. The Morgan fingerprint density at radius 1 is 1.22 bits per heavy atom. The summed E-state index contributed by atoms with van der Waals surface area (Å²) in [6.07, 6.45) is 0.354. The third-order valence-corrected chi connectivity index (χ3v) is 5.06. The molecule has 1 amide bonds. The number of carbonyl (C=O) groups is 1. The Morgan fingerprint density at radius 3 is 2.56 bits per heavy atom. The first kappa shape index (κ1) is 21.7. The zero-order valence-corrected chi connectivity index (χ0v) is 17.4. The first-order chi connectivity index (χ1) is 12.5. The van der Waals surface area contributed by atoms with Crippen LogP contribution in [0.1, 0.15) is 17.0 Å². The van der Waals surface area contributed by atoms with E-state index >= 15 is 0 Å². The van der Waals surface area contributed by atoms with Crippen molar-refractivity contribution in [1.29, 1.82) is 0 Å². The van der Waals surface area contributed by atoms with Gasteiger partial charge in [0.15, 0.2) is 0 Å². The Balaban J connectivity index is 0.00000261. The predicted octanol–water partition coefficient (Wildman–Crippen LogP) is 2.13. The molecule has 1 aromatic carbocycles. The molecule has 0 aliphatic carbocycles. The summed E-state index contributed by atoms with van der Waals surface area (Å²) in [7, 11) is 0. The molecule has 1 saturated heterocycles. The predicted molar refractivity (Wildman–Crippen MR) is 111 cm³/mol. The van der Waals surface area contributed by atoms with Crippen LogP contribution in [0, 0.1) is 13.8 Å². The minimum absolute atomic E-state index is 0. The van der Waals surface area contributed by atoms with Crippen molar-refractivity contribution in [2.45, 2.75) is 20.3 Å².